The van der Waals surface area contributed by atoms with E-state index in [9.17, 15) is 9.59 Å². The topological polar surface area (TPSA) is 62.6 Å². The van der Waals surface area contributed by atoms with Crippen molar-refractivity contribution in [1.29, 1.82) is 0 Å². The third-order valence-electron chi connectivity index (χ3n) is 5.24. The van der Waals surface area contributed by atoms with E-state index in [1.165, 1.54) is 4.90 Å². The number of benzene rings is 2. The highest BCUT2D eigenvalue weighted by atomic mass is 16.3. The maximum absolute atomic E-state index is 12.6. The molecule has 0 aliphatic heterocycles. The second-order valence-corrected chi connectivity index (χ2v) is 7.39. The lowest BCUT2D eigenvalue weighted by atomic mass is 10.0. The summed E-state index contributed by atoms with van der Waals surface area (Å²) >= 11 is 0. The minimum atomic E-state index is -0.211. The van der Waals surface area contributed by atoms with E-state index in [2.05, 4.69) is 5.32 Å². The molecule has 3 rings (SSSR count). The Morgan fingerprint density at radius 2 is 1.68 bits per heavy atom. The maximum Gasteiger partial charge on any atom is 0.243 e. The fourth-order valence-electron chi connectivity index (χ4n) is 3.32. The third-order valence-corrected chi connectivity index (χ3v) is 5.24. The number of aryl methyl sites for hydroxylation is 4. The molecular weight excluding hydrogens is 352 g/mol. The second-order valence-electron chi connectivity index (χ2n) is 7.39. The van der Waals surface area contributed by atoms with E-state index in [-0.39, 0.29) is 24.8 Å². The van der Waals surface area contributed by atoms with Gasteiger partial charge in [0.2, 0.25) is 11.8 Å². The lowest BCUT2D eigenvalue weighted by Gasteiger charge is -2.18. The number of hydrogen-bond acceptors (Lipinski definition) is 3. The summed E-state index contributed by atoms with van der Waals surface area (Å²) < 4.78 is 5.68. The van der Waals surface area contributed by atoms with E-state index in [4.69, 9.17) is 4.42 Å². The number of fused-ring (bicyclic) bond motifs is 1. The van der Waals surface area contributed by atoms with Gasteiger partial charge in [-0.1, -0.05) is 30.3 Å². The van der Waals surface area contributed by atoms with Crippen molar-refractivity contribution in [3.63, 3.8) is 0 Å². The molecule has 1 N–H and O–H groups in total. The quantitative estimate of drug-likeness (QED) is 0.720. The second kappa shape index (κ2) is 7.89. The molecule has 146 valence electrons. The van der Waals surface area contributed by atoms with Gasteiger partial charge in [-0.05, 0) is 49.9 Å². The third kappa shape index (κ3) is 3.93. The summed E-state index contributed by atoms with van der Waals surface area (Å²) in [5.74, 6) is -0.339. The Morgan fingerprint density at radius 3 is 2.36 bits per heavy atom. The molecule has 28 heavy (non-hydrogen) atoms. The average Bonchev–Trinajstić information content (AvgIpc) is 3.04. The van der Waals surface area contributed by atoms with Crippen LogP contribution in [0.3, 0.4) is 0 Å². The fourth-order valence-corrected chi connectivity index (χ4v) is 3.32. The van der Waals surface area contributed by atoms with E-state index in [1.807, 2.05) is 58.0 Å². The van der Waals surface area contributed by atoms with Gasteiger partial charge in [0.1, 0.15) is 5.58 Å². The van der Waals surface area contributed by atoms with Crippen molar-refractivity contribution in [3.8, 4) is 0 Å². The van der Waals surface area contributed by atoms with Crippen LogP contribution in [0.15, 0.2) is 41.0 Å². The monoisotopic (exact) mass is 378 g/mol. The van der Waals surface area contributed by atoms with Gasteiger partial charge >= 0.3 is 0 Å². The number of rotatable bonds is 5. The van der Waals surface area contributed by atoms with Gasteiger partial charge in [0.05, 0.1) is 19.2 Å². The number of nitrogens with one attached hydrogen (secondary N) is 1. The molecule has 2 amide bonds. The number of para-hydroxylation sites is 1. The zero-order chi connectivity index (χ0) is 20.4. The molecule has 0 spiro atoms. The smallest absolute Gasteiger partial charge is 0.243 e. The molecule has 0 saturated heterocycles. The molecule has 0 atom stereocenters. The van der Waals surface area contributed by atoms with Crippen LogP contribution in [0.25, 0.3) is 11.0 Å². The fraction of sp³-hybridized carbons (Fsp3) is 0.304. The van der Waals surface area contributed by atoms with E-state index in [0.717, 1.165) is 44.5 Å². The minimum absolute atomic E-state index is 0.000523. The molecule has 0 radical (unpaired) electrons. The molecular formula is C23H26N2O3. The molecule has 0 saturated carbocycles. The van der Waals surface area contributed by atoms with Gasteiger partial charge in [-0.15, -0.1) is 0 Å². The Hall–Kier alpha value is -3.08. The van der Waals surface area contributed by atoms with Crippen molar-refractivity contribution in [2.24, 2.45) is 0 Å². The number of anilines is 1. The summed E-state index contributed by atoms with van der Waals surface area (Å²) in [7, 11) is 1.64. The van der Waals surface area contributed by atoms with Gasteiger partial charge in [-0.2, -0.15) is 0 Å². The molecule has 2 aromatic carbocycles. The number of hydrogen-bond donors (Lipinski definition) is 1. The van der Waals surface area contributed by atoms with Crippen LogP contribution in [0, 0.1) is 27.7 Å². The first-order valence-corrected chi connectivity index (χ1v) is 9.34. The van der Waals surface area contributed by atoms with Crippen molar-refractivity contribution in [2.75, 3.05) is 18.9 Å². The van der Waals surface area contributed by atoms with Crippen molar-refractivity contribution in [1.82, 2.24) is 4.90 Å². The predicted molar refractivity (Wildman–Crippen MR) is 112 cm³/mol. The Morgan fingerprint density at radius 1 is 1.00 bits per heavy atom. The number of carbonyl (C=O) groups is 2. The highest BCUT2D eigenvalue weighted by Gasteiger charge is 2.18. The summed E-state index contributed by atoms with van der Waals surface area (Å²) in [6.07, 6.45) is 1.84. The van der Waals surface area contributed by atoms with Crippen LogP contribution >= 0.6 is 0 Å². The Balaban J connectivity index is 1.67. The van der Waals surface area contributed by atoms with Crippen LogP contribution in [0.5, 0.6) is 0 Å². The summed E-state index contributed by atoms with van der Waals surface area (Å²) in [5, 5.41) is 3.86. The first-order chi connectivity index (χ1) is 13.3. The van der Waals surface area contributed by atoms with Crippen LogP contribution in [-0.2, 0) is 16.0 Å². The highest BCUT2D eigenvalue weighted by molar-refractivity contribution is 5.96. The number of amides is 2. The predicted octanol–water partition coefficient (Wildman–Crippen LogP) is 4.31. The van der Waals surface area contributed by atoms with Gasteiger partial charge in [0, 0.05) is 23.7 Å². The molecule has 0 unspecified atom stereocenters. The van der Waals surface area contributed by atoms with E-state index < -0.39 is 0 Å². The Kier molecular flexibility index (Phi) is 5.54. The van der Waals surface area contributed by atoms with Gasteiger partial charge < -0.3 is 14.6 Å². The number of likely N-dealkylation sites (N-methyl/N-ethyl adjacent to an activating group) is 1. The highest BCUT2D eigenvalue weighted by Crippen LogP contribution is 2.27. The van der Waals surface area contributed by atoms with Crippen molar-refractivity contribution < 1.29 is 14.0 Å². The lowest BCUT2D eigenvalue weighted by molar-refractivity contribution is -0.132. The molecule has 0 aliphatic rings. The van der Waals surface area contributed by atoms with Gasteiger partial charge in [0.25, 0.3) is 0 Å². The molecule has 0 aliphatic carbocycles. The summed E-state index contributed by atoms with van der Waals surface area (Å²) in [5.41, 5.74) is 6.69. The molecule has 5 heteroatoms. The van der Waals surface area contributed by atoms with Crippen LogP contribution in [0.2, 0.25) is 0 Å². The molecule has 3 aromatic rings. The first kappa shape index (κ1) is 19.7. The molecule has 5 nitrogen and oxygen atoms in total. The normalized spacial score (nSPS) is 10.9. The van der Waals surface area contributed by atoms with Crippen molar-refractivity contribution >= 4 is 28.5 Å². The van der Waals surface area contributed by atoms with Gasteiger partial charge in [-0.25, -0.2) is 0 Å². The van der Waals surface area contributed by atoms with Crippen LogP contribution in [0.4, 0.5) is 5.69 Å². The average molecular weight is 378 g/mol. The number of nitrogens with zero attached hydrogens (tertiary/aromatic N) is 1. The van der Waals surface area contributed by atoms with Crippen LogP contribution in [0.1, 0.15) is 27.8 Å². The molecule has 1 aromatic heterocycles. The molecule has 0 fully saturated rings. The van der Waals surface area contributed by atoms with E-state index >= 15 is 0 Å². The van der Waals surface area contributed by atoms with E-state index in [1.54, 1.807) is 13.3 Å². The molecule has 1 heterocycles. The standard InChI is InChI=1S/C23H26N2O3/c1-14-9-10-19-18(13-28-23(19)17(14)4)11-21(27)25(5)12-20(26)24-22-15(2)7-6-8-16(22)3/h6-10,13H,11-12H2,1-5H3,(H,24,26). The van der Waals surface area contributed by atoms with Crippen molar-refractivity contribution in [2.45, 2.75) is 34.1 Å². The summed E-state index contributed by atoms with van der Waals surface area (Å²) in [4.78, 5) is 26.5. The molecule has 0 bridgehead atoms. The van der Waals surface area contributed by atoms with Crippen molar-refractivity contribution in [3.05, 3.63) is 64.4 Å². The SMILES string of the molecule is Cc1cccc(C)c1NC(=O)CN(C)C(=O)Cc1coc2c(C)c(C)ccc12. The zero-order valence-corrected chi connectivity index (χ0v) is 17.1. The largest absolute Gasteiger partial charge is 0.464 e. The van der Waals surface area contributed by atoms with Crippen LogP contribution in [-0.4, -0.2) is 30.3 Å². The Bertz CT molecular complexity index is 1030. The zero-order valence-electron chi connectivity index (χ0n) is 17.1. The van der Waals surface area contributed by atoms with Crippen LogP contribution < -0.4 is 5.32 Å². The van der Waals surface area contributed by atoms with E-state index in [0.29, 0.717) is 0 Å². The van der Waals surface area contributed by atoms with Gasteiger partial charge in [0.15, 0.2) is 0 Å². The number of carbonyl (C=O) groups excluding carboxylic acids is 2. The lowest BCUT2D eigenvalue weighted by Crippen LogP contribution is -2.36. The maximum atomic E-state index is 12.6. The van der Waals surface area contributed by atoms with Gasteiger partial charge in [-0.3, -0.25) is 9.59 Å². The summed E-state index contributed by atoms with van der Waals surface area (Å²) in [6.45, 7) is 7.94. The Labute approximate surface area is 165 Å². The summed E-state index contributed by atoms with van der Waals surface area (Å²) in [6, 6.07) is 9.87. The minimum Gasteiger partial charge on any atom is -0.464 e. The first-order valence-electron chi connectivity index (χ1n) is 9.34. The number of furan rings is 1.